The summed E-state index contributed by atoms with van der Waals surface area (Å²) in [6, 6.07) is 10.9. The molecule has 3 heterocycles. The van der Waals surface area contributed by atoms with Gasteiger partial charge in [0.15, 0.2) is 0 Å². The van der Waals surface area contributed by atoms with E-state index in [1.54, 1.807) is 44.3 Å². The first kappa shape index (κ1) is 21.8. The van der Waals surface area contributed by atoms with Gasteiger partial charge in [0.2, 0.25) is 0 Å². The number of ether oxygens (including phenoxy) is 1. The molecule has 4 aromatic rings. The van der Waals surface area contributed by atoms with E-state index in [9.17, 15) is 24.1 Å². The molecule has 10 heteroatoms. The van der Waals surface area contributed by atoms with Crippen LogP contribution in [0.25, 0.3) is 22.2 Å². The Morgan fingerprint density at radius 2 is 1.85 bits per heavy atom. The standard InChI is InChI=1S/C24H21FN4O5/c1-13-8-9-14(12-17(13)29(32)33)19-18-20(26(2)24(31)27(3)23(18)30)21-22(34-11-10-28(19)21)15-6-4-5-7-16(15)25/h4-9,12,22H,10-11H2,1-3H3. The molecular formula is C24H21FN4O5. The molecule has 2 aromatic carbocycles. The quantitative estimate of drug-likeness (QED) is 0.342. The summed E-state index contributed by atoms with van der Waals surface area (Å²) in [4.78, 5) is 37.4. The van der Waals surface area contributed by atoms with Crippen LogP contribution in [-0.4, -0.2) is 25.2 Å². The molecule has 5 rings (SSSR count). The van der Waals surface area contributed by atoms with Gasteiger partial charge in [-0.05, 0) is 13.0 Å². The van der Waals surface area contributed by atoms with E-state index in [1.807, 2.05) is 4.57 Å². The Hall–Kier alpha value is -4.05. The average molecular weight is 464 g/mol. The van der Waals surface area contributed by atoms with Gasteiger partial charge in [0, 0.05) is 43.4 Å². The molecule has 174 valence electrons. The molecule has 0 saturated carbocycles. The summed E-state index contributed by atoms with van der Waals surface area (Å²) in [7, 11) is 2.92. The smallest absolute Gasteiger partial charge is 0.331 e. The van der Waals surface area contributed by atoms with Crippen molar-refractivity contribution in [3.63, 3.8) is 0 Å². The number of nitro groups is 1. The van der Waals surface area contributed by atoms with E-state index in [2.05, 4.69) is 0 Å². The minimum Gasteiger partial charge on any atom is -0.365 e. The predicted octanol–water partition coefficient (Wildman–Crippen LogP) is 3.18. The Labute approximate surface area is 192 Å². The third-order valence-corrected chi connectivity index (χ3v) is 6.42. The largest absolute Gasteiger partial charge is 0.365 e. The SMILES string of the molecule is Cc1ccc(-c2c3c(=O)n(C)c(=O)n(C)c3c3n2CCOC3c2ccccc2F)cc1[N+](=O)[O-]. The lowest BCUT2D eigenvalue weighted by Gasteiger charge is -2.28. The van der Waals surface area contributed by atoms with Crippen LogP contribution in [0.5, 0.6) is 0 Å². The van der Waals surface area contributed by atoms with E-state index in [-0.39, 0.29) is 23.2 Å². The third kappa shape index (κ3) is 3.02. The number of nitrogens with zero attached hydrogens (tertiary/aromatic N) is 4. The number of hydrogen-bond acceptors (Lipinski definition) is 5. The van der Waals surface area contributed by atoms with Gasteiger partial charge < -0.3 is 9.30 Å². The van der Waals surface area contributed by atoms with Crippen LogP contribution < -0.4 is 11.2 Å². The van der Waals surface area contributed by atoms with Crippen molar-refractivity contribution in [2.45, 2.75) is 19.6 Å². The molecule has 0 bridgehead atoms. The molecule has 0 amide bonds. The zero-order valence-electron chi connectivity index (χ0n) is 18.7. The van der Waals surface area contributed by atoms with Gasteiger partial charge in [0.05, 0.1) is 33.8 Å². The normalized spacial score (nSPS) is 15.5. The molecule has 1 atom stereocenters. The maximum atomic E-state index is 14.8. The highest BCUT2D eigenvalue weighted by Crippen LogP contribution is 2.41. The number of fused-ring (bicyclic) bond motifs is 3. The van der Waals surface area contributed by atoms with E-state index in [0.29, 0.717) is 34.6 Å². The van der Waals surface area contributed by atoms with Crippen LogP contribution in [0.4, 0.5) is 10.1 Å². The van der Waals surface area contributed by atoms with E-state index in [1.165, 1.54) is 23.7 Å². The molecule has 0 aliphatic carbocycles. The van der Waals surface area contributed by atoms with Gasteiger partial charge in [-0.2, -0.15) is 0 Å². The van der Waals surface area contributed by atoms with Gasteiger partial charge >= 0.3 is 5.69 Å². The van der Waals surface area contributed by atoms with Crippen molar-refractivity contribution in [2.75, 3.05) is 6.61 Å². The Balaban J connectivity index is 1.96. The van der Waals surface area contributed by atoms with Crippen LogP contribution in [-0.2, 0) is 25.4 Å². The third-order valence-electron chi connectivity index (χ3n) is 6.42. The number of benzene rings is 2. The lowest BCUT2D eigenvalue weighted by Crippen LogP contribution is -2.37. The predicted molar refractivity (Wildman–Crippen MR) is 123 cm³/mol. The van der Waals surface area contributed by atoms with Crippen LogP contribution in [0.3, 0.4) is 0 Å². The molecule has 0 N–H and O–H groups in total. The van der Waals surface area contributed by atoms with Crippen LogP contribution in [0, 0.1) is 22.9 Å². The molecule has 1 aliphatic heterocycles. The van der Waals surface area contributed by atoms with E-state index in [0.717, 1.165) is 4.57 Å². The second-order valence-corrected chi connectivity index (χ2v) is 8.35. The zero-order chi connectivity index (χ0) is 24.3. The van der Waals surface area contributed by atoms with Crippen molar-refractivity contribution < 1.29 is 14.1 Å². The average Bonchev–Trinajstić information content (AvgIpc) is 3.17. The second-order valence-electron chi connectivity index (χ2n) is 8.35. The Morgan fingerprint density at radius 1 is 1.12 bits per heavy atom. The van der Waals surface area contributed by atoms with Crippen molar-refractivity contribution in [3.8, 4) is 11.3 Å². The van der Waals surface area contributed by atoms with Crippen molar-refractivity contribution in [1.29, 1.82) is 0 Å². The van der Waals surface area contributed by atoms with E-state index in [4.69, 9.17) is 4.74 Å². The molecule has 2 aromatic heterocycles. The number of aryl methyl sites for hydroxylation is 2. The summed E-state index contributed by atoms with van der Waals surface area (Å²) < 4.78 is 25.0. The minimum atomic E-state index is -0.871. The van der Waals surface area contributed by atoms with E-state index < -0.39 is 28.1 Å². The minimum absolute atomic E-state index is 0.0828. The van der Waals surface area contributed by atoms with Crippen LogP contribution in [0.1, 0.15) is 22.9 Å². The Kier molecular flexibility index (Phi) is 4.98. The monoisotopic (exact) mass is 464 g/mol. The maximum absolute atomic E-state index is 14.8. The van der Waals surface area contributed by atoms with E-state index >= 15 is 0 Å². The molecule has 1 aliphatic rings. The fraction of sp³-hybridized carbons (Fsp3) is 0.250. The summed E-state index contributed by atoms with van der Waals surface area (Å²) in [5.41, 5.74) is 1.28. The molecule has 9 nitrogen and oxygen atoms in total. The fourth-order valence-corrected chi connectivity index (χ4v) is 4.76. The highest BCUT2D eigenvalue weighted by Gasteiger charge is 2.34. The first-order chi connectivity index (χ1) is 16.2. The lowest BCUT2D eigenvalue weighted by atomic mass is 10.0. The molecule has 0 spiro atoms. The van der Waals surface area contributed by atoms with Crippen LogP contribution >= 0.6 is 0 Å². The number of hydrogen-bond donors (Lipinski definition) is 0. The Bertz CT molecular complexity index is 1610. The lowest BCUT2D eigenvalue weighted by molar-refractivity contribution is -0.385. The number of aromatic nitrogens is 3. The first-order valence-electron chi connectivity index (χ1n) is 10.7. The van der Waals surface area contributed by atoms with Gasteiger partial charge in [0.25, 0.3) is 11.2 Å². The summed E-state index contributed by atoms with van der Waals surface area (Å²) in [5, 5.41) is 11.8. The summed E-state index contributed by atoms with van der Waals surface area (Å²) in [5.74, 6) is -0.475. The van der Waals surface area contributed by atoms with Crippen LogP contribution in [0.2, 0.25) is 0 Å². The number of rotatable bonds is 3. The topological polar surface area (TPSA) is 101 Å². The molecule has 1 unspecified atom stereocenters. The summed E-state index contributed by atoms with van der Waals surface area (Å²) >= 11 is 0. The van der Waals surface area contributed by atoms with Crippen molar-refractivity contribution in [3.05, 3.63) is 96.1 Å². The van der Waals surface area contributed by atoms with Crippen molar-refractivity contribution in [1.82, 2.24) is 13.7 Å². The molecular weight excluding hydrogens is 443 g/mol. The summed E-state index contributed by atoms with van der Waals surface area (Å²) in [6.07, 6.45) is -0.871. The highest BCUT2D eigenvalue weighted by molar-refractivity contribution is 5.97. The van der Waals surface area contributed by atoms with Gasteiger partial charge in [-0.25, -0.2) is 9.18 Å². The fourth-order valence-electron chi connectivity index (χ4n) is 4.76. The zero-order valence-corrected chi connectivity index (χ0v) is 18.7. The Morgan fingerprint density at radius 3 is 2.56 bits per heavy atom. The van der Waals surface area contributed by atoms with Gasteiger partial charge in [-0.15, -0.1) is 0 Å². The van der Waals surface area contributed by atoms with Gasteiger partial charge in [0.1, 0.15) is 11.9 Å². The van der Waals surface area contributed by atoms with Crippen molar-refractivity contribution in [2.24, 2.45) is 14.1 Å². The van der Waals surface area contributed by atoms with Gasteiger partial charge in [-0.3, -0.25) is 24.0 Å². The highest BCUT2D eigenvalue weighted by atomic mass is 19.1. The molecule has 0 fully saturated rings. The maximum Gasteiger partial charge on any atom is 0.331 e. The molecule has 0 radical (unpaired) electrons. The first-order valence-corrected chi connectivity index (χ1v) is 10.7. The molecule has 0 saturated heterocycles. The molecule has 34 heavy (non-hydrogen) atoms. The van der Waals surface area contributed by atoms with Gasteiger partial charge in [-0.1, -0.05) is 30.3 Å². The number of nitro benzene ring substituents is 1. The van der Waals surface area contributed by atoms with Crippen molar-refractivity contribution >= 4 is 16.6 Å². The second kappa shape index (κ2) is 7.77. The summed E-state index contributed by atoms with van der Waals surface area (Å²) in [6.45, 7) is 2.18. The number of halogens is 1. The van der Waals surface area contributed by atoms with Crippen LogP contribution in [0.15, 0.2) is 52.1 Å².